The number of methoxy groups -OCH3 is 2. The van der Waals surface area contributed by atoms with Crippen LogP contribution >= 0.6 is 0 Å². The number of likely N-dealkylation sites (N-methyl/N-ethyl adjacent to an activating group) is 2. The fourth-order valence-electron chi connectivity index (χ4n) is 4.72. The Morgan fingerprint density at radius 2 is 1.61 bits per heavy atom. The summed E-state index contributed by atoms with van der Waals surface area (Å²) in [6.07, 6.45) is 5.58. The molecule has 3 aromatic carbocycles. The van der Waals surface area contributed by atoms with Gasteiger partial charge in [0.1, 0.15) is 5.75 Å². The van der Waals surface area contributed by atoms with Gasteiger partial charge in [0.05, 0.1) is 24.1 Å². The fourth-order valence-corrected chi connectivity index (χ4v) is 4.72. The summed E-state index contributed by atoms with van der Waals surface area (Å²) in [5.41, 5.74) is 13.8. The van der Waals surface area contributed by atoms with E-state index in [1.54, 1.807) is 57.3 Å². The molecule has 0 atom stereocenters. The van der Waals surface area contributed by atoms with E-state index in [-0.39, 0.29) is 11.8 Å². The summed E-state index contributed by atoms with van der Waals surface area (Å²) in [5.74, 6) is 0.184. The number of imide groups is 1. The fraction of sp³-hybridized carbons (Fsp3) is 0.395. The zero-order chi connectivity index (χ0) is 37.1. The van der Waals surface area contributed by atoms with Gasteiger partial charge in [-0.05, 0) is 63.0 Å². The highest BCUT2D eigenvalue weighted by Gasteiger charge is 2.35. The average Bonchev–Trinajstić information content (AvgIpc) is 3.42. The number of ether oxygens (including phenoxy) is 2. The molecule has 4 aromatic rings. The summed E-state index contributed by atoms with van der Waals surface area (Å²) in [6, 6.07) is 15.0. The first-order chi connectivity index (χ1) is 23.4. The molecule has 0 bridgehead atoms. The van der Waals surface area contributed by atoms with Crippen molar-refractivity contribution in [1.82, 2.24) is 19.7 Å². The first kappa shape index (κ1) is 42.3. The van der Waals surface area contributed by atoms with Crippen LogP contribution in [-0.2, 0) is 11.8 Å². The molecule has 2 heterocycles. The maximum atomic E-state index is 13.5. The van der Waals surface area contributed by atoms with Gasteiger partial charge in [0, 0.05) is 75.7 Å². The van der Waals surface area contributed by atoms with E-state index in [9.17, 15) is 14.4 Å². The van der Waals surface area contributed by atoms with Gasteiger partial charge in [0.25, 0.3) is 11.8 Å². The Hall–Kier alpha value is -4.71. The Morgan fingerprint density at radius 3 is 2.10 bits per heavy atom. The lowest BCUT2D eigenvalue weighted by Gasteiger charge is -2.30. The smallest absolute Gasteiger partial charge is 0.262 e. The Morgan fingerprint density at radius 1 is 1.00 bits per heavy atom. The highest BCUT2D eigenvalue weighted by atomic mass is 16.5. The van der Waals surface area contributed by atoms with Gasteiger partial charge in [-0.3, -0.25) is 19.3 Å². The monoisotopic (exact) mass is 676 g/mol. The summed E-state index contributed by atoms with van der Waals surface area (Å²) in [6.45, 7) is 10.7. The van der Waals surface area contributed by atoms with Gasteiger partial charge >= 0.3 is 0 Å². The van der Waals surface area contributed by atoms with E-state index in [0.717, 1.165) is 41.2 Å². The largest absolute Gasteiger partial charge is 0.496 e. The number of anilines is 1. The summed E-state index contributed by atoms with van der Waals surface area (Å²) >= 11 is 0. The number of carbonyl (C=O) groups is 3. The molecule has 0 aliphatic carbocycles. The number of rotatable bonds is 8. The van der Waals surface area contributed by atoms with Crippen molar-refractivity contribution in [2.45, 2.75) is 34.1 Å². The van der Waals surface area contributed by atoms with Gasteiger partial charge in [0.15, 0.2) is 6.29 Å². The summed E-state index contributed by atoms with van der Waals surface area (Å²) in [7, 11) is 10.5. The number of allylic oxidation sites excluding steroid dienone is 2. The Kier molecular flexibility index (Phi) is 19.0. The molecular weight excluding hydrogens is 620 g/mol. The number of aldehydes is 1. The van der Waals surface area contributed by atoms with Crippen molar-refractivity contribution < 1.29 is 23.9 Å². The quantitative estimate of drug-likeness (QED) is 0.121. The van der Waals surface area contributed by atoms with E-state index in [0.29, 0.717) is 46.7 Å². The van der Waals surface area contributed by atoms with E-state index >= 15 is 0 Å². The Bertz CT molecular complexity index is 1670. The molecular formula is C38H56N6O5. The van der Waals surface area contributed by atoms with Crippen molar-refractivity contribution in [1.29, 1.82) is 0 Å². The second-order valence-electron chi connectivity index (χ2n) is 11.5. The van der Waals surface area contributed by atoms with Gasteiger partial charge in [-0.2, -0.15) is 0 Å². The van der Waals surface area contributed by atoms with E-state index in [4.69, 9.17) is 16.2 Å². The van der Waals surface area contributed by atoms with Crippen molar-refractivity contribution in [3.8, 4) is 5.75 Å². The zero-order valence-corrected chi connectivity index (χ0v) is 30.9. The number of aryl methyl sites for hydroxylation is 1. The molecule has 0 radical (unpaired) electrons. The van der Waals surface area contributed by atoms with Crippen LogP contribution in [0.4, 0.5) is 5.69 Å². The van der Waals surface area contributed by atoms with Crippen LogP contribution in [0, 0.1) is 0 Å². The Balaban J connectivity index is 0.000000491. The number of hydrogen-bond donors (Lipinski definition) is 3. The molecule has 2 amide bonds. The molecule has 5 N–H and O–H groups in total. The van der Waals surface area contributed by atoms with Crippen LogP contribution in [0.2, 0.25) is 0 Å². The van der Waals surface area contributed by atoms with Gasteiger partial charge in [0.2, 0.25) is 0 Å². The number of amides is 2. The zero-order valence-electron chi connectivity index (χ0n) is 30.9. The molecule has 49 heavy (non-hydrogen) atoms. The van der Waals surface area contributed by atoms with Crippen LogP contribution in [-0.4, -0.2) is 94.1 Å². The van der Waals surface area contributed by atoms with Crippen molar-refractivity contribution in [3.05, 3.63) is 83.3 Å². The number of nitrogens with zero attached hydrogens (tertiary/aromatic N) is 3. The van der Waals surface area contributed by atoms with Gasteiger partial charge < -0.3 is 35.7 Å². The third-order valence-corrected chi connectivity index (χ3v) is 7.23. The molecule has 0 spiro atoms. The van der Waals surface area contributed by atoms with Crippen molar-refractivity contribution in [2.24, 2.45) is 12.8 Å². The van der Waals surface area contributed by atoms with Crippen molar-refractivity contribution in [3.63, 3.8) is 0 Å². The van der Waals surface area contributed by atoms with Gasteiger partial charge in [-0.25, -0.2) is 0 Å². The number of carbonyl (C=O) groups excluding carboxylic acids is 3. The number of nitrogens with one attached hydrogen (secondary N) is 1. The summed E-state index contributed by atoms with van der Waals surface area (Å²) in [4.78, 5) is 40.4. The number of aromatic nitrogens is 1. The van der Waals surface area contributed by atoms with Crippen LogP contribution < -0.4 is 21.5 Å². The molecule has 268 valence electrons. The maximum absolute atomic E-state index is 13.5. The van der Waals surface area contributed by atoms with Crippen LogP contribution in [0.25, 0.3) is 21.5 Å². The van der Waals surface area contributed by atoms with E-state index in [1.165, 1.54) is 11.3 Å². The molecule has 11 nitrogen and oxygen atoms in total. The molecule has 0 fully saturated rings. The Labute approximate surface area is 291 Å². The minimum absolute atomic E-state index is 0.237. The molecule has 1 aliphatic rings. The molecule has 0 unspecified atom stereocenters. The second-order valence-corrected chi connectivity index (χ2v) is 11.5. The van der Waals surface area contributed by atoms with Gasteiger partial charge in [-0.1, -0.05) is 50.6 Å². The van der Waals surface area contributed by atoms with Crippen molar-refractivity contribution >= 4 is 45.3 Å². The van der Waals surface area contributed by atoms with E-state index < -0.39 is 0 Å². The lowest BCUT2D eigenvalue weighted by atomic mass is 9.89. The summed E-state index contributed by atoms with van der Waals surface area (Å²) in [5, 5.41) is 6.42. The van der Waals surface area contributed by atoms with E-state index in [1.807, 2.05) is 64.4 Å². The number of benzene rings is 3. The molecule has 5 rings (SSSR count). The minimum Gasteiger partial charge on any atom is -0.496 e. The number of nitrogens with two attached hydrogens (primary N) is 2. The normalized spacial score (nSPS) is 11.8. The summed E-state index contributed by atoms with van der Waals surface area (Å²) < 4.78 is 11.5. The van der Waals surface area contributed by atoms with Crippen LogP contribution in [0.5, 0.6) is 5.75 Å². The highest BCUT2D eigenvalue weighted by Crippen LogP contribution is 2.39. The predicted octanol–water partition coefficient (Wildman–Crippen LogP) is 5.72. The highest BCUT2D eigenvalue weighted by molar-refractivity contribution is 6.31. The lowest BCUT2D eigenvalue weighted by Crippen LogP contribution is -2.44. The second kappa shape index (κ2) is 22.0. The topological polar surface area (TPSA) is 145 Å². The average molecular weight is 677 g/mol. The van der Waals surface area contributed by atoms with Crippen molar-refractivity contribution in [2.75, 3.05) is 67.3 Å². The third kappa shape index (κ3) is 12.0. The number of fused-ring (bicyclic) bond motifs is 2. The van der Waals surface area contributed by atoms with Gasteiger partial charge in [-0.15, -0.1) is 0 Å². The number of hydrogen-bond acceptors (Lipinski definition) is 9. The first-order valence-electron chi connectivity index (χ1n) is 16.3. The lowest BCUT2D eigenvalue weighted by molar-refractivity contribution is 0.0598. The molecule has 0 saturated carbocycles. The van der Waals surface area contributed by atoms with Crippen LogP contribution in [0.15, 0.2) is 66.5 Å². The number of nitrogen functional groups attached to an aromatic ring is 1. The molecule has 0 saturated heterocycles. The molecule has 1 aliphatic heterocycles. The predicted molar refractivity (Wildman–Crippen MR) is 203 cm³/mol. The standard InChI is InChI=1S/C23H25N3O3.C6H8N2O.C4H9N.C3H8.C2H6O/c1-24-10-11-25(2)12-13-26-22(27)17-8-9-19(29-3)18-14-15-6-4-5-7-16(15)21(20(17)18)23(26)28;1-8-3-5(7)2-6(8)4-9;1-3-4(2)5;2*1-3-2/h4-9,14,24H,10-13H2,1-3H3;2-4H,7H2,1H3;3H,5H2,1-2H3;3H2,1-2H3;1-2H3/b;;4-3+;;. The maximum Gasteiger partial charge on any atom is 0.262 e. The molecule has 1 aromatic heterocycles. The van der Waals surface area contributed by atoms with Crippen LogP contribution in [0.3, 0.4) is 0 Å². The molecule has 11 heteroatoms. The van der Waals surface area contributed by atoms with E-state index in [2.05, 4.69) is 28.8 Å². The SMILES string of the molecule is C/C=C(\C)N.CCC.CNCCN(C)CCN1C(=O)c2ccc(OC)c3cc4ccccc4c(c23)C1=O.COC.Cn1cc(N)cc1C=O. The minimum atomic E-state index is -0.243. The first-order valence-corrected chi connectivity index (χ1v) is 16.3. The van der Waals surface area contributed by atoms with Crippen LogP contribution in [0.1, 0.15) is 65.3 Å². The third-order valence-electron chi connectivity index (χ3n) is 7.23.